The summed E-state index contributed by atoms with van der Waals surface area (Å²) in [6.07, 6.45) is -4.72. The molecule has 1 unspecified atom stereocenters. The van der Waals surface area contributed by atoms with Gasteiger partial charge in [-0.05, 0) is 23.3 Å². The van der Waals surface area contributed by atoms with Crippen molar-refractivity contribution in [3.63, 3.8) is 0 Å². The van der Waals surface area contributed by atoms with Crippen LogP contribution >= 0.6 is 0 Å². The van der Waals surface area contributed by atoms with Gasteiger partial charge in [0.2, 0.25) is 0 Å². The number of alkyl halides is 3. The van der Waals surface area contributed by atoms with Gasteiger partial charge in [-0.2, -0.15) is 18.0 Å². The largest absolute Gasteiger partial charge is 0.513 e. The van der Waals surface area contributed by atoms with Crippen molar-refractivity contribution in [1.82, 2.24) is 0 Å². The zero-order chi connectivity index (χ0) is 18.3. The molecule has 2 rings (SSSR count). The average Bonchev–Trinajstić information content (AvgIpc) is 2.60. The molecule has 25 heavy (non-hydrogen) atoms. The van der Waals surface area contributed by atoms with E-state index >= 15 is 0 Å². The molecule has 0 bridgehead atoms. The highest BCUT2D eigenvalue weighted by Crippen LogP contribution is 2.29. The molecule has 134 valence electrons. The minimum atomic E-state index is -4.39. The summed E-state index contributed by atoms with van der Waals surface area (Å²) in [5, 5.41) is 10.6. The Bertz CT molecular complexity index is 672. The van der Waals surface area contributed by atoms with Crippen LogP contribution in [-0.2, 0) is 23.9 Å². The van der Waals surface area contributed by atoms with E-state index in [0.717, 1.165) is 17.7 Å². The molecule has 0 fully saturated rings. The number of aliphatic hydroxyl groups excluding tert-OH is 1. The molecule has 0 aliphatic carbocycles. The number of hydrogen-bond donors (Lipinski definition) is 2. The van der Waals surface area contributed by atoms with E-state index in [9.17, 15) is 23.1 Å². The van der Waals surface area contributed by atoms with E-state index in [-0.39, 0.29) is 19.6 Å². The maximum absolute atomic E-state index is 12.5. The predicted molar refractivity (Wildman–Crippen MR) is 84.6 cm³/mol. The highest BCUT2D eigenvalue weighted by atomic mass is 19.4. The Balaban J connectivity index is 1.86. The maximum atomic E-state index is 12.5. The van der Waals surface area contributed by atoms with Crippen LogP contribution in [0.15, 0.2) is 54.6 Å². The van der Waals surface area contributed by atoms with Gasteiger partial charge in [0, 0.05) is 6.42 Å². The molecule has 0 aliphatic rings. The summed E-state index contributed by atoms with van der Waals surface area (Å²) in [6.45, 7) is -0.184. The third kappa shape index (κ3) is 6.21. The van der Waals surface area contributed by atoms with Crippen LogP contribution in [0.1, 0.15) is 16.7 Å². The van der Waals surface area contributed by atoms with E-state index in [4.69, 9.17) is 4.74 Å². The molecule has 3 N–H and O–H groups in total. The number of ether oxygens (including phenoxy) is 1. The van der Waals surface area contributed by atoms with Crippen LogP contribution in [0.3, 0.4) is 0 Å². The van der Waals surface area contributed by atoms with E-state index < -0.39 is 23.9 Å². The smallest absolute Gasteiger partial charge is 0.415 e. The number of nitrogens with two attached hydrogens (primary N) is 1. The lowest BCUT2D eigenvalue weighted by atomic mass is 10.0. The average molecular weight is 354 g/mol. The van der Waals surface area contributed by atoms with Gasteiger partial charge in [-0.1, -0.05) is 42.5 Å². The number of rotatable bonds is 6. The number of benzene rings is 2. The van der Waals surface area contributed by atoms with E-state index in [1.54, 1.807) is 0 Å². The van der Waals surface area contributed by atoms with Gasteiger partial charge in [0.15, 0.2) is 0 Å². The zero-order valence-electron chi connectivity index (χ0n) is 13.4. The van der Waals surface area contributed by atoms with Gasteiger partial charge in [-0.3, -0.25) is 0 Å². The summed E-state index contributed by atoms with van der Waals surface area (Å²) >= 11 is 0. The topological polar surface area (TPSA) is 63.1 Å². The first-order valence-electron chi connectivity index (χ1n) is 7.71. The molecule has 1 amide bonds. The Morgan fingerprint density at radius 1 is 1.04 bits per heavy atom. The normalized spacial score (nSPS) is 12.6. The molecule has 4 nitrogen and oxygen atoms in total. The number of primary amides is 1. The SMILES string of the molecule is O=C([NH2+]C(CO)Cc1ccc(C(F)(F)F)cc1)OCc1ccccc1. The van der Waals surface area contributed by atoms with Gasteiger partial charge in [0.25, 0.3) is 0 Å². The van der Waals surface area contributed by atoms with Gasteiger partial charge in [0.1, 0.15) is 12.6 Å². The minimum absolute atomic E-state index is 0.120. The van der Waals surface area contributed by atoms with Crippen molar-refractivity contribution < 1.29 is 33.1 Å². The van der Waals surface area contributed by atoms with E-state index in [0.29, 0.717) is 5.56 Å². The van der Waals surface area contributed by atoms with Crippen LogP contribution in [0.2, 0.25) is 0 Å². The second kappa shape index (κ2) is 8.64. The van der Waals surface area contributed by atoms with E-state index in [1.807, 2.05) is 30.3 Å². The Kier molecular flexibility index (Phi) is 6.55. The second-order valence-electron chi connectivity index (χ2n) is 5.60. The number of hydrogen-bond acceptors (Lipinski definition) is 3. The summed E-state index contributed by atoms with van der Waals surface area (Å²) in [5.41, 5.74) is 0.703. The molecule has 0 saturated carbocycles. The Hall–Kier alpha value is -2.38. The Labute approximate surface area is 143 Å². The lowest BCUT2D eigenvalue weighted by molar-refractivity contribution is -0.610. The molecule has 0 spiro atoms. The molecule has 7 heteroatoms. The lowest BCUT2D eigenvalue weighted by Gasteiger charge is -2.13. The van der Waals surface area contributed by atoms with Crippen molar-refractivity contribution in [1.29, 1.82) is 0 Å². The van der Waals surface area contributed by atoms with Crippen molar-refractivity contribution >= 4 is 6.09 Å². The Morgan fingerprint density at radius 3 is 2.24 bits per heavy atom. The highest BCUT2D eigenvalue weighted by molar-refractivity contribution is 5.55. The number of aliphatic hydroxyl groups is 1. The van der Waals surface area contributed by atoms with Crippen molar-refractivity contribution in [2.24, 2.45) is 0 Å². The fourth-order valence-corrected chi connectivity index (χ4v) is 2.28. The molecule has 0 radical (unpaired) electrons. The van der Waals surface area contributed by atoms with Crippen LogP contribution in [0.25, 0.3) is 0 Å². The number of carbonyl (C=O) groups is 1. The first kappa shape index (κ1) is 19.0. The van der Waals surface area contributed by atoms with Gasteiger partial charge >= 0.3 is 12.3 Å². The molecule has 1 atom stereocenters. The van der Waals surface area contributed by atoms with Gasteiger partial charge in [0.05, 0.1) is 12.2 Å². The zero-order valence-corrected chi connectivity index (χ0v) is 13.4. The summed E-state index contributed by atoms with van der Waals surface area (Å²) in [4.78, 5) is 11.8. The quantitative estimate of drug-likeness (QED) is 0.838. The highest BCUT2D eigenvalue weighted by Gasteiger charge is 2.30. The standard InChI is InChI=1S/C18H18F3NO3/c19-18(20,21)15-8-6-13(7-9-15)10-16(11-23)22-17(24)25-12-14-4-2-1-3-5-14/h1-9,16,23H,10-12H2,(H,22,24)/p+1. The summed E-state index contributed by atoms with van der Waals surface area (Å²) in [6, 6.07) is 13.3. The van der Waals surface area contributed by atoms with E-state index in [2.05, 4.69) is 0 Å². The Morgan fingerprint density at radius 2 is 1.68 bits per heavy atom. The molecule has 2 aromatic rings. The van der Waals surface area contributed by atoms with Crippen LogP contribution in [0, 0.1) is 0 Å². The van der Waals surface area contributed by atoms with Gasteiger partial charge < -0.3 is 9.84 Å². The predicted octanol–water partition coefficient (Wildman–Crippen LogP) is 2.51. The number of quaternary nitrogens is 1. The third-order valence-electron chi connectivity index (χ3n) is 3.61. The molecular weight excluding hydrogens is 335 g/mol. The first-order chi connectivity index (χ1) is 11.9. The van der Waals surface area contributed by atoms with Crippen LogP contribution < -0.4 is 5.32 Å². The molecule has 0 heterocycles. The van der Waals surface area contributed by atoms with Crippen molar-refractivity contribution in [2.45, 2.75) is 25.2 Å². The van der Waals surface area contributed by atoms with Crippen LogP contribution in [0.4, 0.5) is 18.0 Å². The summed E-state index contributed by atoms with van der Waals surface area (Å²) < 4.78 is 42.7. The lowest BCUT2D eigenvalue weighted by Crippen LogP contribution is -2.94. The van der Waals surface area contributed by atoms with Crippen molar-refractivity contribution in [3.8, 4) is 0 Å². The minimum Gasteiger partial charge on any atom is -0.415 e. The first-order valence-corrected chi connectivity index (χ1v) is 7.71. The van der Waals surface area contributed by atoms with E-state index in [1.165, 1.54) is 17.4 Å². The third-order valence-corrected chi connectivity index (χ3v) is 3.61. The second-order valence-corrected chi connectivity index (χ2v) is 5.60. The molecule has 2 aromatic carbocycles. The fraction of sp³-hybridized carbons (Fsp3) is 0.278. The summed E-state index contributed by atoms with van der Waals surface area (Å²) in [5.74, 6) is 0. The van der Waals surface area contributed by atoms with Crippen molar-refractivity contribution in [2.75, 3.05) is 6.61 Å². The molecule has 0 aromatic heterocycles. The number of carbonyl (C=O) groups excluding carboxylic acids is 1. The monoisotopic (exact) mass is 354 g/mol. The fourth-order valence-electron chi connectivity index (χ4n) is 2.28. The molecular formula is C18H19F3NO3+. The number of amides is 1. The molecule has 0 aliphatic heterocycles. The number of halogens is 3. The molecule has 0 saturated heterocycles. The maximum Gasteiger partial charge on any atom is 0.513 e. The van der Waals surface area contributed by atoms with Crippen molar-refractivity contribution in [3.05, 3.63) is 71.3 Å². The van der Waals surface area contributed by atoms with Gasteiger partial charge in [-0.15, -0.1) is 0 Å². The van der Waals surface area contributed by atoms with Crippen LogP contribution in [0.5, 0.6) is 0 Å². The van der Waals surface area contributed by atoms with Crippen LogP contribution in [-0.4, -0.2) is 23.8 Å². The summed E-state index contributed by atoms with van der Waals surface area (Å²) in [7, 11) is 0. The van der Waals surface area contributed by atoms with Gasteiger partial charge in [-0.25, -0.2) is 5.32 Å².